The SMILES string of the molecule is CCCCCCCCCCC/C=C/CCCCOC(=O)c1ccc(S(=O)(=O)[O-])cc1C(=O)OCCCC/C=C/CCCCCCCCCCC.CCCCCCCCCCC/C=C/CCCCOC(=O)c1ccc(S(=O)(=O)[O-])cc1C(=O)OCCCC/C=C/CCCCCCCCCCC.[Ca+2]. The first-order valence-electron chi connectivity index (χ1n) is 40.1. The number of hydrogen-bond donors (Lipinski definition) is 0. The van der Waals surface area contributed by atoms with E-state index in [1.165, 1.54) is 231 Å². The van der Waals surface area contributed by atoms with Gasteiger partial charge in [-0.3, -0.25) is 0 Å². The molecule has 0 spiro atoms. The maximum Gasteiger partial charge on any atom is 2.00 e. The van der Waals surface area contributed by atoms with Crippen LogP contribution >= 0.6 is 0 Å². The monoisotopic (exact) mass is 1470 g/mol. The summed E-state index contributed by atoms with van der Waals surface area (Å²) >= 11 is 0. The number of carbonyl (C=O) groups excluding carboxylic acids is 4. The van der Waals surface area contributed by atoms with Gasteiger partial charge in [0, 0.05) is 0 Å². The number of ether oxygens (including phenoxy) is 4. The van der Waals surface area contributed by atoms with Crippen molar-refractivity contribution in [2.45, 2.75) is 371 Å². The largest absolute Gasteiger partial charge is 2.00 e. The van der Waals surface area contributed by atoms with Crippen molar-refractivity contribution in [1.82, 2.24) is 0 Å². The summed E-state index contributed by atoms with van der Waals surface area (Å²) in [7, 11) is -9.64. The Morgan fingerprint density at radius 1 is 0.267 bits per heavy atom. The van der Waals surface area contributed by atoms with Crippen LogP contribution in [-0.2, 0) is 39.2 Å². The maximum atomic E-state index is 12.9. The molecule has 2 aromatic rings. The predicted octanol–water partition coefficient (Wildman–Crippen LogP) is 24.0. The van der Waals surface area contributed by atoms with Crippen molar-refractivity contribution in [3.63, 3.8) is 0 Å². The molecule has 0 atom stereocenters. The molecule has 14 nitrogen and oxygen atoms in total. The van der Waals surface area contributed by atoms with Crippen LogP contribution in [-0.4, -0.2) is 114 Å². The number of unbranched alkanes of at least 4 members (excludes halogenated alkanes) is 44. The van der Waals surface area contributed by atoms with E-state index in [1.807, 2.05) is 0 Å². The molecule has 101 heavy (non-hydrogen) atoms. The zero-order valence-corrected chi connectivity index (χ0v) is 67.8. The van der Waals surface area contributed by atoms with E-state index in [9.17, 15) is 45.1 Å². The maximum absolute atomic E-state index is 12.9. The molecule has 0 saturated heterocycles. The number of benzene rings is 2. The average molecular weight is 1480 g/mol. The normalized spacial score (nSPS) is 11.8. The van der Waals surface area contributed by atoms with E-state index in [1.54, 1.807) is 0 Å². The van der Waals surface area contributed by atoms with E-state index in [0.29, 0.717) is 25.7 Å². The number of hydrogen-bond acceptors (Lipinski definition) is 14. The molecule has 0 bridgehead atoms. The van der Waals surface area contributed by atoms with Crippen LogP contribution in [0.5, 0.6) is 0 Å². The fourth-order valence-electron chi connectivity index (χ4n) is 11.7. The molecule has 0 saturated carbocycles. The molecule has 0 fully saturated rings. The Labute approximate surface area is 645 Å². The summed E-state index contributed by atoms with van der Waals surface area (Å²) in [6, 6.07) is 6.17. The molecule has 0 heterocycles. The number of allylic oxidation sites excluding steroid dienone is 8. The van der Waals surface area contributed by atoms with Crippen LogP contribution in [0.25, 0.3) is 0 Å². The fourth-order valence-corrected chi connectivity index (χ4v) is 12.7. The Morgan fingerprint density at radius 3 is 0.624 bits per heavy atom. The summed E-state index contributed by atoms with van der Waals surface area (Å²) in [6.45, 7) is 9.58. The standard InChI is InChI=1S/2C42H70O7S.Ca/c2*1-3-5-7-9-11-13-15-17-19-21-23-25-27-29-31-35-48-41(43)39-34-33-38(50(45,46)47)37-40(39)42(44)49-36-32-30-28-26-24-22-20-18-16-14-12-10-8-6-4-2;/h2*23-26,33-34,37H,3-22,27-32,35-36H2,1-2H3,(H,45,46,47);/q;;+2/p-2/b2*25-23+,26-24+;. The Hall–Kier alpha value is -3.64. The van der Waals surface area contributed by atoms with E-state index in [4.69, 9.17) is 18.9 Å². The van der Waals surface area contributed by atoms with Gasteiger partial charge >= 0.3 is 61.6 Å². The molecule has 0 aromatic heterocycles. The molecule has 572 valence electrons. The minimum absolute atomic E-state index is 0. The van der Waals surface area contributed by atoms with Crippen LogP contribution in [0.2, 0.25) is 0 Å². The van der Waals surface area contributed by atoms with Crippen LogP contribution in [0.1, 0.15) is 403 Å². The zero-order valence-electron chi connectivity index (χ0n) is 63.9. The van der Waals surface area contributed by atoms with Crippen LogP contribution in [0.15, 0.2) is 94.8 Å². The van der Waals surface area contributed by atoms with Gasteiger partial charge < -0.3 is 28.1 Å². The summed E-state index contributed by atoms with van der Waals surface area (Å²) in [6.07, 6.45) is 79.0. The quantitative estimate of drug-likeness (QED) is 0.0150. The number of esters is 4. The van der Waals surface area contributed by atoms with Crippen molar-refractivity contribution in [2.75, 3.05) is 26.4 Å². The van der Waals surface area contributed by atoms with Gasteiger partial charge in [-0.25, -0.2) is 36.0 Å². The van der Waals surface area contributed by atoms with E-state index in [-0.39, 0.29) is 86.4 Å². The van der Waals surface area contributed by atoms with E-state index in [2.05, 4.69) is 76.3 Å². The summed E-state index contributed by atoms with van der Waals surface area (Å²) in [4.78, 5) is 50.2. The number of rotatable bonds is 66. The van der Waals surface area contributed by atoms with Gasteiger partial charge in [0.2, 0.25) is 0 Å². The van der Waals surface area contributed by atoms with Gasteiger partial charge in [0.1, 0.15) is 20.2 Å². The predicted molar refractivity (Wildman–Crippen MR) is 415 cm³/mol. The van der Waals surface area contributed by atoms with Crippen molar-refractivity contribution in [2.24, 2.45) is 0 Å². The van der Waals surface area contributed by atoms with Crippen molar-refractivity contribution < 1.29 is 64.1 Å². The zero-order chi connectivity index (χ0) is 73.1. The molecule has 0 radical (unpaired) electrons. The van der Waals surface area contributed by atoms with Gasteiger partial charge in [0.15, 0.2) is 0 Å². The van der Waals surface area contributed by atoms with Crippen molar-refractivity contribution in [1.29, 1.82) is 0 Å². The van der Waals surface area contributed by atoms with Gasteiger partial charge in [-0.2, -0.15) is 0 Å². The molecule has 0 aliphatic carbocycles. The third-order valence-corrected chi connectivity index (χ3v) is 19.7. The van der Waals surface area contributed by atoms with Gasteiger partial charge in [0.25, 0.3) is 0 Å². The second kappa shape index (κ2) is 69.4. The Kier molecular flexibility index (Phi) is 66.9. The topological polar surface area (TPSA) is 220 Å². The van der Waals surface area contributed by atoms with Crippen molar-refractivity contribution in [3.8, 4) is 0 Å². The van der Waals surface area contributed by atoms with E-state index < -0.39 is 53.9 Å². The second-order valence-electron chi connectivity index (χ2n) is 27.2. The van der Waals surface area contributed by atoms with Crippen LogP contribution < -0.4 is 0 Å². The molecule has 2 aromatic carbocycles. The molecule has 0 amide bonds. The first kappa shape index (κ1) is 97.4. The first-order chi connectivity index (χ1) is 48.6. The first-order valence-corrected chi connectivity index (χ1v) is 42.9. The van der Waals surface area contributed by atoms with Crippen LogP contribution in [0.3, 0.4) is 0 Å². The summed E-state index contributed by atoms with van der Waals surface area (Å²) in [5.74, 6) is -3.18. The third-order valence-electron chi connectivity index (χ3n) is 18.0. The van der Waals surface area contributed by atoms with Crippen molar-refractivity contribution >= 4 is 81.9 Å². The van der Waals surface area contributed by atoms with Crippen molar-refractivity contribution in [3.05, 3.63) is 107 Å². The number of carbonyl (C=O) groups is 4. The fraction of sp³-hybridized carbons (Fsp3) is 0.714. The minimum Gasteiger partial charge on any atom is -0.744 e. The molecular formula is C84H138CaO14S2. The molecule has 0 unspecified atom stereocenters. The molecule has 17 heteroatoms. The summed E-state index contributed by atoms with van der Waals surface area (Å²) in [5, 5.41) is 0. The van der Waals surface area contributed by atoms with E-state index in [0.717, 1.165) is 113 Å². The molecule has 0 aliphatic rings. The van der Waals surface area contributed by atoms with E-state index >= 15 is 0 Å². The molecular weight excluding hydrogens is 1340 g/mol. The van der Waals surface area contributed by atoms with Gasteiger partial charge in [-0.05, 0) is 165 Å². The third kappa shape index (κ3) is 57.3. The molecule has 2 rings (SSSR count). The smallest absolute Gasteiger partial charge is 0.744 e. The summed E-state index contributed by atoms with van der Waals surface area (Å²) in [5.41, 5.74) is -0.759. The Bertz CT molecular complexity index is 2540. The van der Waals surface area contributed by atoms with Gasteiger partial charge in [-0.1, -0.05) is 282 Å². The molecule has 0 aliphatic heterocycles. The van der Waals surface area contributed by atoms with Gasteiger partial charge in [-0.15, -0.1) is 0 Å². The average Bonchev–Trinajstić information content (AvgIpc) is 0.819. The molecule has 0 N–H and O–H groups in total. The van der Waals surface area contributed by atoms with Gasteiger partial charge in [0.05, 0.1) is 58.5 Å². The van der Waals surface area contributed by atoms with Crippen LogP contribution in [0.4, 0.5) is 0 Å². The second-order valence-corrected chi connectivity index (χ2v) is 30.0. The van der Waals surface area contributed by atoms with Crippen LogP contribution in [0, 0.1) is 0 Å². The Balaban J connectivity index is 0.00000196. The summed E-state index contributed by atoms with van der Waals surface area (Å²) < 4.78 is 91.1. The minimum atomic E-state index is -4.82. The Morgan fingerprint density at radius 2 is 0.436 bits per heavy atom.